The Balaban J connectivity index is 4.19. The van der Waals surface area contributed by atoms with Gasteiger partial charge < -0.3 is 19.8 Å². The second kappa shape index (κ2) is 49.4. The van der Waals surface area contributed by atoms with Crippen LogP contribution in [0.25, 0.3) is 0 Å². The maximum absolute atomic E-state index is 13.0. The Hall–Kier alpha value is -1.54. The number of rotatable bonds is 52. The van der Waals surface area contributed by atoms with Gasteiger partial charge in [-0.15, -0.1) is 0 Å². The second-order valence-corrected chi connectivity index (χ2v) is 22.1. The van der Waals surface area contributed by atoms with Crippen molar-refractivity contribution in [1.82, 2.24) is 5.32 Å². The first-order valence-electron chi connectivity index (χ1n) is 28.5. The predicted octanol–water partition coefficient (Wildman–Crippen LogP) is 17.2. The zero-order valence-electron chi connectivity index (χ0n) is 44.9. The van der Waals surface area contributed by atoms with Crippen molar-refractivity contribution in [1.29, 1.82) is 0 Å². The molecular weight excluding hydrogens is 852 g/mol. The average molecular weight is 965 g/mol. The lowest BCUT2D eigenvalue weighted by molar-refractivity contribution is -0.870. The molecule has 0 aliphatic rings. The summed E-state index contributed by atoms with van der Waals surface area (Å²) in [6, 6.07) is -0.765. The molecule has 3 unspecified atom stereocenters. The molecule has 0 rings (SSSR count). The SMILES string of the molecule is CC/C=C\C/C=C\C/C=C\C/C=C\CCCCCCCCCCCCC(=O)NC(COP(=O)(O)OCC[N+](C)(C)C)C(O)CCCCCCCCCCCCCCCCCCCCCCCC. The van der Waals surface area contributed by atoms with Gasteiger partial charge in [0, 0.05) is 6.42 Å². The molecular formula is C58H112N2O6P+. The number of phosphoric acid groups is 1. The normalized spacial score (nSPS) is 14.3. The van der Waals surface area contributed by atoms with Crippen LogP contribution >= 0.6 is 7.82 Å². The van der Waals surface area contributed by atoms with E-state index in [4.69, 9.17) is 9.05 Å². The molecule has 1 amide bonds. The topological polar surface area (TPSA) is 105 Å². The summed E-state index contributed by atoms with van der Waals surface area (Å²) in [7, 11) is 1.62. The third-order valence-electron chi connectivity index (χ3n) is 12.8. The van der Waals surface area contributed by atoms with Crippen LogP contribution in [0.3, 0.4) is 0 Å². The lowest BCUT2D eigenvalue weighted by atomic mass is 10.0. The van der Waals surface area contributed by atoms with Gasteiger partial charge in [-0.05, 0) is 51.4 Å². The van der Waals surface area contributed by atoms with Crippen molar-refractivity contribution in [3.8, 4) is 0 Å². The molecule has 0 bridgehead atoms. The third kappa shape index (κ3) is 52.1. The van der Waals surface area contributed by atoms with E-state index in [1.165, 1.54) is 173 Å². The summed E-state index contributed by atoms with van der Waals surface area (Å²) in [4.78, 5) is 23.3. The molecule has 3 atom stereocenters. The number of unbranched alkanes of at least 4 members (excludes halogenated alkanes) is 31. The molecule has 394 valence electrons. The number of quaternary nitrogens is 1. The van der Waals surface area contributed by atoms with Gasteiger partial charge in [0.05, 0.1) is 39.9 Å². The van der Waals surface area contributed by atoms with E-state index in [9.17, 15) is 19.4 Å². The highest BCUT2D eigenvalue weighted by atomic mass is 31.2. The zero-order chi connectivity index (χ0) is 49.2. The number of aliphatic hydroxyl groups is 1. The van der Waals surface area contributed by atoms with E-state index >= 15 is 0 Å². The van der Waals surface area contributed by atoms with Crippen molar-refractivity contribution in [3.05, 3.63) is 48.6 Å². The lowest BCUT2D eigenvalue weighted by Crippen LogP contribution is -2.46. The van der Waals surface area contributed by atoms with Gasteiger partial charge >= 0.3 is 7.82 Å². The minimum absolute atomic E-state index is 0.0730. The average Bonchev–Trinajstić information content (AvgIpc) is 3.29. The molecule has 0 aromatic heterocycles. The van der Waals surface area contributed by atoms with E-state index in [0.29, 0.717) is 23.9 Å². The van der Waals surface area contributed by atoms with E-state index in [2.05, 4.69) is 67.8 Å². The van der Waals surface area contributed by atoms with E-state index in [0.717, 1.165) is 64.2 Å². The van der Waals surface area contributed by atoms with Crippen LogP contribution in [-0.2, 0) is 18.4 Å². The molecule has 9 heteroatoms. The highest BCUT2D eigenvalue weighted by Gasteiger charge is 2.28. The number of amides is 1. The summed E-state index contributed by atoms with van der Waals surface area (Å²) in [6.45, 7) is 4.80. The molecule has 0 saturated heterocycles. The van der Waals surface area contributed by atoms with Gasteiger partial charge in [-0.1, -0.05) is 255 Å². The molecule has 0 aliphatic carbocycles. The van der Waals surface area contributed by atoms with Gasteiger partial charge in [0.1, 0.15) is 13.2 Å². The fourth-order valence-electron chi connectivity index (χ4n) is 8.39. The number of phosphoric ester groups is 1. The number of aliphatic hydroxyl groups excluding tert-OH is 1. The number of nitrogens with one attached hydrogen (secondary N) is 1. The molecule has 0 aromatic carbocycles. The van der Waals surface area contributed by atoms with Gasteiger partial charge in [-0.3, -0.25) is 13.8 Å². The van der Waals surface area contributed by atoms with Crippen molar-refractivity contribution >= 4 is 13.7 Å². The molecule has 8 nitrogen and oxygen atoms in total. The Kier molecular flexibility index (Phi) is 48.3. The Labute approximate surface area is 416 Å². The first kappa shape index (κ1) is 65.5. The van der Waals surface area contributed by atoms with Crippen molar-refractivity contribution in [3.63, 3.8) is 0 Å². The van der Waals surface area contributed by atoms with Crippen molar-refractivity contribution in [2.75, 3.05) is 40.9 Å². The van der Waals surface area contributed by atoms with Crippen molar-refractivity contribution < 1.29 is 32.9 Å². The largest absolute Gasteiger partial charge is 0.472 e. The Morgan fingerprint density at radius 2 is 0.896 bits per heavy atom. The maximum atomic E-state index is 13.0. The predicted molar refractivity (Wildman–Crippen MR) is 291 cm³/mol. The van der Waals surface area contributed by atoms with E-state index in [1.807, 2.05) is 21.1 Å². The smallest absolute Gasteiger partial charge is 0.391 e. The van der Waals surface area contributed by atoms with Crippen molar-refractivity contribution in [2.24, 2.45) is 0 Å². The van der Waals surface area contributed by atoms with Gasteiger partial charge in [0.2, 0.25) is 5.91 Å². The summed E-state index contributed by atoms with van der Waals surface area (Å²) >= 11 is 0. The number of nitrogens with zero attached hydrogens (tertiary/aromatic N) is 1. The molecule has 0 radical (unpaired) electrons. The van der Waals surface area contributed by atoms with Gasteiger partial charge in [0.15, 0.2) is 0 Å². The van der Waals surface area contributed by atoms with E-state index in [-0.39, 0.29) is 19.1 Å². The van der Waals surface area contributed by atoms with Crippen molar-refractivity contribution in [2.45, 2.75) is 276 Å². The summed E-state index contributed by atoms with van der Waals surface area (Å²) < 4.78 is 23.8. The zero-order valence-corrected chi connectivity index (χ0v) is 45.8. The highest BCUT2D eigenvalue weighted by Crippen LogP contribution is 2.43. The Bertz CT molecular complexity index is 1230. The van der Waals surface area contributed by atoms with E-state index in [1.54, 1.807) is 0 Å². The number of hydrogen-bond donors (Lipinski definition) is 3. The number of allylic oxidation sites excluding steroid dienone is 8. The number of carbonyl (C=O) groups excluding carboxylic acids is 1. The maximum Gasteiger partial charge on any atom is 0.472 e. The lowest BCUT2D eigenvalue weighted by Gasteiger charge is -2.26. The molecule has 0 spiro atoms. The Morgan fingerprint density at radius 1 is 0.522 bits per heavy atom. The monoisotopic (exact) mass is 964 g/mol. The second-order valence-electron chi connectivity index (χ2n) is 20.6. The first-order chi connectivity index (χ1) is 32.5. The van der Waals surface area contributed by atoms with Crippen LogP contribution in [0.5, 0.6) is 0 Å². The molecule has 67 heavy (non-hydrogen) atoms. The number of hydrogen-bond acceptors (Lipinski definition) is 5. The third-order valence-corrected chi connectivity index (χ3v) is 13.8. The minimum atomic E-state index is -4.33. The molecule has 0 heterocycles. The molecule has 0 fully saturated rings. The van der Waals surface area contributed by atoms with Crippen LogP contribution in [0.4, 0.5) is 0 Å². The summed E-state index contributed by atoms with van der Waals surface area (Å²) in [6.07, 6.45) is 64.4. The fourth-order valence-corrected chi connectivity index (χ4v) is 9.13. The summed E-state index contributed by atoms with van der Waals surface area (Å²) in [5.74, 6) is -0.147. The van der Waals surface area contributed by atoms with Gasteiger partial charge in [0.25, 0.3) is 0 Å². The molecule has 3 N–H and O–H groups in total. The van der Waals surface area contributed by atoms with Crippen LogP contribution in [-0.4, -0.2) is 73.4 Å². The minimum Gasteiger partial charge on any atom is -0.391 e. The first-order valence-corrected chi connectivity index (χ1v) is 30.0. The van der Waals surface area contributed by atoms with Gasteiger partial charge in [-0.25, -0.2) is 4.57 Å². The quantitative estimate of drug-likeness (QED) is 0.0243. The fraction of sp³-hybridized carbons (Fsp3) is 0.845. The standard InChI is InChI=1S/C58H111N2O6P/c1-6-8-10-12-14-16-18-20-22-24-26-28-30-32-34-36-38-40-42-44-46-48-50-52-58(62)59-56(55-66-67(63,64)65-54-53-60(3,4)5)57(61)51-49-47-45-43-41-39-37-35-33-31-29-27-25-23-21-19-17-15-13-11-9-7-2/h8,10,14,16,20,22,26,28,56-57,61H,6-7,9,11-13,15,17-19,21,23-25,27,29-55H2,1-5H3,(H-,59,62,63,64)/p+1/b10-8-,16-14-,22-20-,28-26-. The number of carbonyl (C=O) groups is 1. The van der Waals surface area contributed by atoms with Crippen LogP contribution in [0.15, 0.2) is 48.6 Å². The molecule has 0 aliphatic heterocycles. The van der Waals surface area contributed by atoms with E-state index < -0.39 is 20.0 Å². The summed E-state index contributed by atoms with van der Waals surface area (Å²) in [5, 5.41) is 14.1. The van der Waals surface area contributed by atoms with Crippen LogP contribution in [0, 0.1) is 0 Å². The van der Waals surface area contributed by atoms with Crippen LogP contribution in [0.2, 0.25) is 0 Å². The number of likely N-dealkylation sites (N-methyl/N-ethyl adjacent to an activating group) is 1. The molecule has 0 saturated carbocycles. The highest BCUT2D eigenvalue weighted by molar-refractivity contribution is 7.47. The van der Waals surface area contributed by atoms with Crippen LogP contribution in [0.1, 0.15) is 264 Å². The van der Waals surface area contributed by atoms with Crippen LogP contribution < -0.4 is 5.32 Å². The summed E-state index contributed by atoms with van der Waals surface area (Å²) in [5.41, 5.74) is 0. The Morgan fingerprint density at radius 3 is 1.31 bits per heavy atom. The van der Waals surface area contributed by atoms with Gasteiger partial charge in [-0.2, -0.15) is 0 Å². The molecule has 0 aromatic rings.